The van der Waals surface area contributed by atoms with Crippen LogP contribution in [0.2, 0.25) is 0 Å². The van der Waals surface area contributed by atoms with Crippen LogP contribution in [0.25, 0.3) is 0 Å². The van der Waals surface area contributed by atoms with Crippen molar-refractivity contribution in [2.45, 2.75) is 25.9 Å². The summed E-state index contributed by atoms with van der Waals surface area (Å²) in [7, 11) is 0. The quantitative estimate of drug-likeness (QED) is 0.834. The van der Waals surface area contributed by atoms with E-state index in [1.165, 1.54) is 29.2 Å². The fourth-order valence-electron chi connectivity index (χ4n) is 2.03. The van der Waals surface area contributed by atoms with E-state index in [0.29, 0.717) is 18.2 Å². The summed E-state index contributed by atoms with van der Waals surface area (Å²) in [4.78, 5) is 24.4. The minimum absolute atomic E-state index is 0.327. The van der Waals surface area contributed by atoms with Gasteiger partial charge in [0.1, 0.15) is 18.1 Å². The van der Waals surface area contributed by atoms with Crippen LogP contribution in [-0.4, -0.2) is 41.1 Å². The van der Waals surface area contributed by atoms with Gasteiger partial charge in [-0.2, -0.15) is 0 Å². The monoisotopic (exact) mass is 295 g/mol. The molecule has 0 bridgehead atoms. The predicted octanol–water partition coefficient (Wildman–Crippen LogP) is 1.92. The van der Waals surface area contributed by atoms with Gasteiger partial charge in [0.15, 0.2) is 6.10 Å². The number of hydrogen-bond donors (Lipinski definition) is 1. The Labute approximate surface area is 122 Å². The minimum Gasteiger partial charge on any atom is -0.481 e. The number of halogens is 1. The maximum Gasteiger partial charge on any atom is 0.323 e. The number of hydrogen-bond acceptors (Lipinski definition) is 3. The number of carboxylic acid groups (broad SMARTS) is 1. The number of aliphatic carboxylic acids is 1. The van der Waals surface area contributed by atoms with Crippen molar-refractivity contribution in [2.75, 3.05) is 13.1 Å². The Balaban J connectivity index is 1.97. The molecule has 1 aromatic rings. The van der Waals surface area contributed by atoms with Crippen LogP contribution in [0.5, 0.6) is 5.75 Å². The average Bonchev–Trinajstić information content (AvgIpc) is 3.23. The largest absolute Gasteiger partial charge is 0.481 e. The van der Waals surface area contributed by atoms with E-state index >= 15 is 0 Å². The lowest BCUT2D eigenvalue weighted by molar-refractivity contribution is -0.147. The zero-order chi connectivity index (χ0) is 15.4. The van der Waals surface area contributed by atoms with Gasteiger partial charge in [0.25, 0.3) is 5.91 Å². The Morgan fingerprint density at radius 2 is 2.00 bits per heavy atom. The van der Waals surface area contributed by atoms with Crippen molar-refractivity contribution in [1.29, 1.82) is 0 Å². The Kier molecular flexibility index (Phi) is 4.77. The van der Waals surface area contributed by atoms with Gasteiger partial charge in [0.05, 0.1) is 0 Å². The Hall–Kier alpha value is -2.11. The topological polar surface area (TPSA) is 66.8 Å². The highest BCUT2D eigenvalue weighted by atomic mass is 19.1. The predicted molar refractivity (Wildman–Crippen MR) is 73.4 cm³/mol. The molecular formula is C15H18FNO4. The highest BCUT2D eigenvalue weighted by molar-refractivity contribution is 5.84. The lowest BCUT2D eigenvalue weighted by Gasteiger charge is -2.24. The molecule has 1 aliphatic rings. The van der Waals surface area contributed by atoms with E-state index in [1.54, 1.807) is 6.92 Å². The van der Waals surface area contributed by atoms with E-state index in [2.05, 4.69) is 0 Å². The van der Waals surface area contributed by atoms with Gasteiger partial charge < -0.3 is 14.7 Å². The standard InChI is InChI=1S/C15H18FNO4/c1-10(21-13-6-4-12(16)5-7-13)15(20)17(9-14(18)19)8-11-2-3-11/h4-7,10-11H,2-3,8-9H2,1H3,(H,18,19). The van der Waals surface area contributed by atoms with Crippen LogP contribution < -0.4 is 4.74 Å². The number of rotatable bonds is 7. The Morgan fingerprint density at radius 1 is 1.38 bits per heavy atom. The van der Waals surface area contributed by atoms with Gasteiger partial charge in [0.2, 0.25) is 0 Å². The molecule has 0 aromatic heterocycles. The van der Waals surface area contributed by atoms with Gasteiger partial charge in [-0.3, -0.25) is 9.59 Å². The molecule has 1 aromatic carbocycles. The van der Waals surface area contributed by atoms with Crippen LogP contribution in [0.4, 0.5) is 4.39 Å². The molecule has 114 valence electrons. The van der Waals surface area contributed by atoms with Crippen LogP contribution >= 0.6 is 0 Å². The highest BCUT2D eigenvalue weighted by Gasteiger charge is 2.30. The molecule has 2 rings (SSSR count). The molecule has 1 amide bonds. The van der Waals surface area contributed by atoms with Crippen molar-refractivity contribution >= 4 is 11.9 Å². The average molecular weight is 295 g/mol. The summed E-state index contributed by atoms with van der Waals surface area (Å²) in [6.07, 6.45) is 1.24. The molecule has 5 nitrogen and oxygen atoms in total. The number of carbonyl (C=O) groups excluding carboxylic acids is 1. The van der Waals surface area contributed by atoms with E-state index in [1.807, 2.05) is 0 Å². The summed E-state index contributed by atoms with van der Waals surface area (Å²) in [5.74, 6) is -1.03. The minimum atomic E-state index is -1.04. The summed E-state index contributed by atoms with van der Waals surface area (Å²) in [5, 5.41) is 8.89. The van der Waals surface area contributed by atoms with E-state index in [0.717, 1.165) is 12.8 Å². The molecule has 0 radical (unpaired) electrons. The molecule has 0 spiro atoms. The lowest BCUT2D eigenvalue weighted by Crippen LogP contribution is -2.44. The van der Waals surface area contributed by atoms with Crippen LogP contribution in [-0.2, 0) is 9.59 Å². The highest BCUT2D eigenvalue weighted by Crippen LogP contribution is 2.30. The molecule has 1 N–H and O–H groups in total. The number of carboxylic acids is 1. The molecule has 1 aliphatic carbocycles. The summed E-state index contributed by atoms with van der Waals surface area (Å²) >= 11 is 0. The molecule has 0 saturated heterocycles. The van der Waals surface area contributed by atoms with E-state index < -0.39 is 12.1 Å². The second-order valence-corrected chi connectivity index (χ2v) is 5.27. The Morgan fingerprint density at radius 3 is 2.52 bits per heavy atom. The number of nitrogens with zero attached hydrogens (tertiary/aromatic N) is 1. The van der Waals surface area contributed by atoms with Crippen molar-refractivity contribution in [3.05, 3.63) is 30.1 Å². The number of benzene rings is 1. The fraction of sp³-hybridized carbons (Fsp3) is 0.467. The van der Waals surface area contributed by atoms with Crippen molar-refractivity contribution in [3.63, 3.8) is 0 Å². The molecule has 1 atom stereocenters. The number of amides is 1. The van der Waals surface area contributed by atoms with Crippen molar-refractivity contribution in [1.82, 2.24) is 4.90 Å². The second kappa shape index (κ2) is 6.56. The molecule has 1 fully saturated rings. The lowest BCUT2D eigenvalue weighted by atomic mass is 10.2. The maximum absolute atomic E-state index is 12.8. The zero-order valence-electron chi connectivity index (χ0n) is 11.8. The third-order valence-corrected chi connectivity index (χ3v) is 3.29. The van der Waals surface area contributed by atoms with E-state index in [9.17, 15) is 14.0 Å². The van der Waals surface area contributed by atoms with Crippen molar-refractivity contribution in [3.8, 4) is 5.75 Å². The molecular weight excluding hydrogens is 277 g/mol. The van der Waals surface area contributed by atoms with Gasteiger partial charge in [-0.1, -0.05) is 0 Å². The van der Waals surface area contributed by atoms with Gasteiger partial charge in [0, 0.05) is 6.54 Å². The molecule has 1 saturated carbocycles. The van der Waals surface area contributed by atoms with E-state index in [4.69, 9.17) is 9.84 Å². The first-order valence-electron chi connectivity index (χ1n) is 6.88. The van der Waals surface area contributed by atoms with Crippen LogP contribution in [0, 0.1) is 11.7 Å². The third-order valence-electron chi connectivity index (χ3n) is 3.29. The fourth-order valence-corrected chi connectivity index (χ4v) is 2.03. The van der Waals surface area contributed by atoms with Gasteiger partial charge in [-0.05, 0) is 49.9 Å². The third kappa shape index (κ3) is 4.73. The van der Waals surface area contributed by atoms with Crippen molar-refractivity contribution in [2.24, 2.45) is 5.92 Å². The van der Waals surface area contributed by atoms with Crippen LogP contribution in [0.15, 0.2) is 24.3 Å². The molecule has 0 heterocycles. The van der Waals surface area contributed by atoms with Gasteiger partial charge in [-0.15, -0.1) is 0 Å². The van der Waals surface area contributed by atoms with Crippen molar-refractivity contribution < 1.29 is 23.8 Å². The number of ether oxygens (including phenoxy) is 1. The summed E-state index contributed by atoms with van der Waals surface area (Å²) < 4.78 is 18.3. The van der Waals surface area contributed by atoms with Gasteiger partial charge >= 0.3 is 5.97 Å². The second-order valence-electron chi connectivity index (χ2n) is 5.27. The number of carbonyl (C=O) groups is 2. The maximum atomic E-state index is 12.8. The zero-order valence-corrected chi connectivity index (χ0v) is 11.8. The van der Waals surface area contributed by atoms with Crippen LogP contribution in [0.1, 0.15) is 19.8 Å². The molecule has 6 heteroatoms. The smallest absolute Gasteiger partial charge is 0.323 e. The van der Waals surface area contributed by atoms with E-state index in [-0.39, 0.29) is 18.3 Å². The SMILES string of the molecule is CC(Oc1ccc(F)cc1)C(=O)N(CC(=O)O)CC1CC1. The molecule has 0 aliphatic heterocycles. The molecule has 21 heavy (non-hydrogen) atoms. The molecule has 1 unspecified atom stereocenters. The normalized spacial score (nSPS) is 15.3. The first kappa shape index (κ1) is 15.3. The first-order valence-corrected chi connectivity index (χ1v) is 6.88. The van der Waals surface area contributed by atoms with Crippen LogP contribution in [0.3, 0.4) is 0 Å². The summed E-state index contributed by atoms with van der Waals surface area (Å²) in [5.41, 5.74) is 0. The first-order chi connectivity index (χ1) is 9.95. The van der Waals surface area contributed by atoms with Gasteiger partial charge in [-0.25, -0.2) is 4.39 Å². The Bertz CT molecular complexity index is 513. The summed E-state index contributed by atoms with van der Waals surface area (Å²) in [6, 6.07) is 5.35. The summed E-state index contributed by atoms with van der Waals surface area (Å²) in [6.45, 7) is 1.68.